The van der Waals surface area contributed by atoms with Gasteiger partial charge in [0.2, 0.25) is 5.91 Å². The van der Waals surface area contributed by atoms with E-state index in [1.54, 1.807) is 6.20 Å². The van der Waals surface area contributed by atoms with Crippen LogP contribution < -0.4 is 15.8 Å². The van der Waals surface area contributed by atoms with E-state index in [-0.39, 0.29) is 22.9 Å². The Hall–Kier alpha value is -1.56. The maximum atomic E-state index is 11.8. The first-order valence-corrected chi connectivity index (χ1v) is 7.15. The van der Waals surface area contributed by atoms with Crippen molar-refractivity contribution in [3.63, 3.8) is 0 Å². The molecule has 1 aromatic rings. The van der Waals surface area contributed by atoms with Crippen molar-refractivity contribution in [3.8, 4) is 0 Å². The van der Waals surface area contributed by atoms with Crippen LogP contribution in [-0.4, -0.2) is 35.2 Å². The quantitative estimate of drug-likeness (QED) is 0.878. The third-order valence-corrected chi connectivity index (χ3v) is 3.78. The summed E-state index contributed by atoms with van der Waals surface area (Å²) in [5.41, 5.74) is 0.233. The van der Waals surface area contributed by atoms with Gasteiger partial charge in [-0.15, -0.1) is 0 Å². The Labute approximate surface area is 122 Å². The first kappa shape index (κ1) is 14.8. The second-order valence-electron chi connectivity index (χ2n) is 5.35. The average Bonchev–Trinajstić information content (AvgIpc) is 2.42. The van der Waals surface area contributed by atoms with Crippen LogP contribution in [0.1, 0.15) is 26.7 Å². The molecule has 7 heteroatoms. The van der Waals surface area contributed by atoms with Crippen molar-refractivity contribution in [3.05, 3.63) is 21.6 Å². The fraction of sp³-hybridized carbons (Fsp3) is 0.615. The minimum absolute atomic E-state index is 0.0322. The highest BCUT2D eigenvalue weighted by molar-refractivity contribution is 6.33. The predicted molar refractivity (Wildman–Crippen MR) is 78.1 cm³/mol. The van der Waals surface area contributed by atoms with Crippen LogP contribution in [0.4, 0.5) is 5.69 Å². The molecule has 1 atom stereocenters. The van der Waals surface area contributed by atoms with E-state index in [4.69, 9.17) is 11.6 Å². The van der Waals surface area contributed by atoms with Gasteiger partial charge in [0.25, 0.3) is 5.56 Å². The highest BCUT2D eigenvalue weighted by atomic mass is 35.5. The molecule has 1 fully saturated rings. The fourth-order valence-electron chi connectivity index (χ4n) is 2.28. The van der Waals surface area contributed by atoms with Gasteiger partial charge in [-0.05, 0) is 12.8 Å². The number of anilines is 1. The summed E-state index contributed by atoms with van der Waals surface area (Å²) in [4.78, 5) is 25.2. The Morgan fingerprint density at radius 1 is 1.60 bits per heavy atom. The number of hydrogen-bond donors (Lipinski definition) is 2. The van der Waals surface area contributed by atoms with Crippen LogP contribution in [0.2, 0.25) is 5.02 Å². The number of piperidine rings is 1. The topological polar surface area (TPSA) is 78.1 Å². The standard InChI is InChI=1S/C13H19ClN4O2/c1-8(2)12(19)16-9-4-3-5-18(7-9)10-6-15-17-13(20)11(10)14/h6,8-9H,3-5,7H2,1-2H3,(H,16,19)(H,17,20). The number of halogens is 1. The molecule has 2 rings (SSSR count). The summed E-state index contributed by atoms with van der Waals surface area (Å²) in [7, 11) is 0. The number of rotatable bonds is 3. The van der Waals surface area contributed by atoms with Crippen molar-refractivity contribution < 1.29 is 4.79 Å². The number of hydrogen-bond acceptors (Lipinski definition) is 4. The van der Waals surface area contributed by atoms with Crippen molar-refractivity contribution in [1.82, 2.24) is 15.5 Å². The summed E-state index contributed by atoms with van der Waals surface area (Å²) < 4.78 is 0. The molecule has 2 heterocycles. The Morgan fingerprint density at radius 2 is 2.35 bits per heavy atom. The Kier molecular flexibility index (Phi) is 4.65. The third kappa shape index (κ3) is 3.30. The molecule has 1 aromatic heterocycles. The number of aromatic nitrogens is 2. The van der Waals surface area contributed by atoms with Crippen molar-refractivity contribution in [2.75, 3.05) is 18.0 Å². The summed E-state index contributed by atoms with van der Waals surface area (Å²) in [5.74, 6) is 0.0159. The highest BCUT2D eigenvalue weighted by Gasteiger charge is 2.24. The maximum Gasteiger partial charge on any atom is 0.285 e. The van der Waals surface area contributed by atoms with Crippen LogP contribution >= 0.6 is 11.6 Å². The monoisotopic (exact) mass is 298 g/mol. The number of carbonyl (C=O) groups excluding carboxylic acids is 1. The van der Waals surface area contributed by atoms with Crippen LogP contribution in [0.15, 0.2) is 11.0 Å². The molecule has 0 radical (unpaired) electrons. The number of aromatic amines is 1. The number of carbonyl (C=O) groups is 1. The summed E-state index contributed by atoms with van der Waals surface area (Å²) in [6.07, 6.45) is 3.42. The molecule has 20 heavy (non-hydrogen) atoms. The van der Waals surface area contributed by atoms with E-state index in [1.807, 2.05) is 18.7 Å². The molecule has 0 aliphatic carbocycles. The van der Waals surface area contributed by atoms with Gasteiger partial charge in [-0.1, -0.05) is 25.4 Å². The van der Waals surface area contributed by atoms with Crippen molar-refractivity contribution in [1.29, 1.82) is 0 Å². The van der Waals surface area contributed by atoms with Crippen LogP contribution in [0.25, 0.3) is 0 Å². The number of nitrogens with zero attached hydrogens (tertiary/aromatic N) is 2. The second-order valence-corrected chi connectivity index (χ2v) is 5.72. The Balaban J connectivity index is 2.09. The van der Waals surface area contributed by atoms with Gasteiger partial charge in [0, 0.05) is 25.0 Å². The maximum absolute atomic E-state index is 11.8. The Morgan fingerprint density at radius 3 is 3.05 bits per heavy atom. The van der Waals surface area contributed by atoms with Gasteiger partial charge in [-0.3, -0.25) is 9.59 Å². The Bertz CT molecular complexity index is 543. The van der Waals surface area contributed by atoms with E-state index in [1.165, 1.54) is 0 Å². The molecule has 1 aliphatic rings. The van der Waals surface area contributed by atoms with E-state index in [2.05, 4.69) is 15.5 Å². The molecule has 2 N–H and O–H groups in total. The number of nitrogens with one attached hydrogen (secondary N) is 2. The molecule has 0 bridgehead atoms. The zero-order valence-electron chi connectivity index (χ0n) is 11.6. The van der Waals surface area contributed by atoms with E-state index in [9.17, 15) is 9.59 Å². The van der Waals surface area contributed by atoms with Crippen LogP contribution in [0, 0.1) is 5.92 Å². The predicted octanol–water partition coefficient (Wildman–Crippen LogP) is 1.16. The normalized spacial score (nSPS) is 19.2. The molecular formula is C13H19ClN4O2. The number of H-pyrrole nitrogens is 1. The first-order valence-electron chi connectivity index (χ1n) is 6.77. The zero-order chi connectivity index (χ0) is 14.7. The van der Waals surface area contributed by atoms with Crippen LogP contribution in [-0.2, 0) is 4.79 Å². The summed E-state index contributed by atoms with van der Waals surface area (Å²) in [6, 6.07) is 0.0778. The van der Waals surface area contributed by atoms with Gasteiger partial charge >= 0.3 is 0 Å². The molecule has 0 saturated carbocycles. The summed E-state index contributed by atoms with van der Waals surface area (Å²) >= 11 is 6.02. The zero-order valence-corrected chi connectivity index (χ0v) is 12.4. The first-order chi connectivity index (χ1) is 9.49. The fourth-order valence-corrected chi connectivity index (χ4v) is 2.49. The smallest absolute Gasteiger partial charge is 0.285 e. The van der Waals surface area contributed by atoms with Gasteiger partial charge in [0.15, 0.2) is 0 Å². The number of amides is 1. The summed E-state index contributed by atoms with van der Waals surface area (Å²) in [5, 5.41) is 9.26. The molecule has 1 unspecified atom stereocenters. The van der Waals surface area contributed by atoms with E-state index >= 15 is 0 Å². The average molecular weight is 299 g/mol. The van der Waals surface area contributed by atoms with E-state index in [0.29, 0.717) is 12.2 Å². The van der Waals surface area contributed by atoms with Gasteiger partial charge in [-0.2, -0.15) is 5.10 Å². The minimum Gasteiger partial charge on any atom is -0.367 e. The SMILES string of the molecule is CC(C)C(=O)NC1CCCN(c2cn[nH]c(=O)c2Cl)C1. The van der Waals surface area contributed by atoms with Crippen LogP contribution in [0.3, 0.4) is 0 Å². The molecular weight excluding hydrogens is 280 g/mol. The molecule has 1 aliphatic heterocycles. The lowest BCUT2D eigenvalue weighted by atomic mass is 10.0. The molecule has 6 nitrogen and oxygen atoms in total. The molecule has 0 spiro atoms. The lowest BCUT2D eigenvalue weighted by Gasteiger charge is -2.35. The van der Waals surface area contributed by atoms with Crippen molar-refractivity contribution >= 4 is 23.2 Å². The lowest BCUT2D eigenvalue weighted by molar-refractivity contribution is -0.124. The lowest BCUT2D eigenvalue weighted by Crippen LogP contribution is -2.49. The van der Waals surface area contributed by atoms with E-state index < -0.39 is 5.56 Å². The molecule has 1 saturated heterocycles. The minimum atomic E-state index is -0.391. The van der Waals surface area contributed by atoms with Gasteiger partial charge in [0.05, 0.1) is 11.9 Å². The van der Waals surface area contributed by atoms with Crippen molar-refractivity contribution in [2.24, 2.45) is 5.92 Å². The summed E-state index contributed by atoms with van der Waals surface area (Å²) in [6.45, 7) is 5.18. The molecule has 110 valence electrons. The second kappa shape index (κ2) is 6.26. The molecule has 1 amide bonds. The largest absolute Gasteiger partial charge is 0.367 e. The molecule has 0 aromatic carbocycles. The third-order valence-electron chi connectivity index (χ3n) is 3.41. The van der Waals surface area contributed by atoms with Gasteiger partial charge in [0.1, 0.15) is 5.02 Å². The van der Waals surface area contributed by atoms with Gasteiger partial charge in [-0.25, -0.2) is 5.10 Å². The van der Waals surface area contributed by atoms with Gasteiger partial charge < -0.3 is 10.2 Å². The van der Waals surface area contributed by atoms with E-state index in [0.717, 1.165) is 19.4 Å². The van der Waals surface area contributed by atoms with Crippen molar-refractivity contribution in [2.45, 2.75) is 32.7 Å². The van der Waals surface area contributed by atoms with Crippen LogP contribution in [0.5, 0.6) is 0 Å². The highest BCUT2D eigenvalue weighted by Crippen LogP contribution is 2.24.